The zero-order valence-corrected chi connectivity index (χ0v) is 9.26. The van der Waals surface area contributed by atoms with Crippen molar-refractivity contribution in [1.82, 2.24) is 0 Å². The molecular formula is C12H18FN. The topological polar surface area (TPSA) is 26.0 Å². The van der Waals surface area contributed by atoms with E-state index >= 15 is 0 Å². The van der Waals surface area contributed by atoms with Crippen LogP contribution in [0, 0.1) is 18.2 Å². The lowest BCUT2D eigenvalue weighted by Gasteiger charge is -2.28. The standard InChI is InChI=1S/C12H18FN/c1-8-7-9(13)5-6-10(8)11(14)12(2,3)4/h5-7,11H,14H2,1-4H3/t11-/m0/s1. The number of halogens is 1. The molecule has 2 N–H and O–H groups in total. The molecule has 0 bridgehead atoms. The van der Waals surface area contributed by atoms with E-state index in [-0.39, 0.29) is 17.3 Å². The largest absolute Gasteiger partial charge is 0.324 e. The van der Waals surface area contributed by atoms with E-state index in [1.807, 2.05) is 6.92 Å². The maximum Gasteiger partial charge on any atom is 0.123 e. The molecule has 0 aliphatic carbocycles. The number of aryl methyl sites for hydroxylation is 1. The maximum atomic E-state index is 12.9. The van der Waals surface area contributed by atoms with Gasteiger partial charge in [-0.1, -0.05) is 26.8 Å². The van der Waals surface area contributed by atoms with Gasteiger partial charge in [0.15, 0.2) is 0 Å². The predicted octanol–water partition coefficient (Wildman–Crippen LogP) is 3.18. The summed E-state index contributed by atoms with van der Waals surface area (Å²) in [5, 5.41) is 0. The van der Waals surface area contributed by atoms with Gasteiger partial charge < -0.3 is 5.73 Å². The molecule has 0 heterocycles. The van der Waals surface area contributed by atoms with Crippen LogP contribution < -0.4 is 5.73 Å². The fraction of sp³-hybridized carbons (Fsp3) is 0.500. The highest BCUT2D eigenvalue weighted by Gasteiger charge is 2.23. The molecule has 0 radical (unpaired) electrons. The van der Waals surface area contributed by atoms with Gasteiger partial charge >= 0.3 is 0 Å². The van der Waals surface area contributed by atoms with Crippen LogP contribution in [0.1, 0.15) is 37.9 Å². The molecule has 0 aromatic heterocycles. The van der Waals surface area contributed by atoms with Gasteiger partial charge in [0, 0.05) is 6.04 Å². The van der Waals surface area contributed by atoms with Crippen molar-refractivity contribution in [2.75, 3.05) is 0 Å². The van der Waals surface area contributed by atoms with Crippen molar-refractivity contribution in [3.05, 3.63) is 35.1 Å². The van der Waals surface area contributed by atoms with Gasteiger partial charge in [0.1, 0.15) is 5.82 Å². The van der Waals surface area contributed by atoms with E-state index in [4.69, 9.17) is 5.73 Å². The van der Waals surface area contributed by atoms with Crippen LogP contribution in [0.15, 0.2) is 18.2 Å². The van der Waals surface area contributed by atoms with Gasteiger partial charge in [-0.05, 0) is 35.6 Å². The SMILES string of the molecule is Cc1cc(F)ccc1[C@H](N)C(C)(C)C. The molecule has 14 heavy (non-hydrogen) atoms. The van der Waals surface area contributed by atoms with Crippen LogP contribution in [0.25, 0.3) is 0 Å². The van der Waals surface area contributed by atoms with Crippen molar-refractivity contribution in [2.45, 2.75) is 33.7 Å². The van der Waals surface area contributed by atoms with Crippen LogP contribution in [0.3, 0.4) is 0 Å². The van der Waals surface area contributed by atoms with Gasteiger partial charge in [-0.15, -0.1) is 0 Å². The highest BCUT2D eigenvalue weighted by Crippen LogP contribution is 2.32. The average molecular weight is 195 g/mol. The Bertz CT molecular complexity index is 326. The molecule has 0 spiro atoms. The lowest BCUT2D eigenvalue weighted by molar-refractivity contribution is 0.326. The summed E-state index contributed by atoms with van der Waals surface area (Å²) in [5.74, 6) is -0.202. The fourth-order valence-electron chi connectivity index (χ4n) is 1.45. The predicted molar refractivity (Wildman–Crippen MR) is 57.5 cm³/mol. The van der Waals surface area contributed by atoms with Crippen molar-refractivity contribution in [1.29, 1.82) is 0 Å². The van der Waals surface area contributed by atoms with Gasteiger partial charge in [0.05, 0.1) is 0 Å². The third kappa shape index (κ3) is 2.32. The normalized spacial score (nSPS) is 14.1. The van der Waals surface area contributed by atoms with Crippen molar-refractivity contribution in [3.8, 4) is 0 Å². The minimum Gasteiger partial charge on any atom is -0.324 e. The van der Waals surface area contributed by atoms with Crippen molar-refractivity contribution in [3.63, 3.8) is 0 Å². The Kier molecular flexibility index (Phi) is 2.95. The summed E-state index contributed by atoms with van der Waals surface area (Å²) < 4.78 is 12.9. The molecule has 1 atom stereocenters. The summed E-state index contributed by atoms with van der Waals surface area (Å²) in [5.41, 5.74) is 8.05. The molecule has 0 aliphatic heterocycles. The summed E-state index contributed by atoms with van der Waals surface area (Å²) >= 11 is 0. The van der Waals surface area contributed by atoms with Crippen molar-refractivity contribution < 1.29 is 4.39 Å². The first kappa shape index (κ1) is 11.2. The lowest BCUT2D eigenvalue weighted by Crippen LogP contribution is -2.26. The van der Waals surface area contributed by atoms with Gasteiger partial charge in [0.2, 0.25) is 0 Å². The molecule has 0 fully saturated rings. The van der Waals surface area contributed by atoms with E-state index in [1.54, 1.807) is 6.07 Å². The Labute approximate surface area is 85.1 Å². The van der Waals surface area contributed by atoms with Gasteiger partial charge in [-0.2, -0.15) is 0 Å². The number of rotatable bonds is 1. The molecule has 1 aromatic carbocycles. The fourth-order valence-corrected chi connectivity index (χ4v) is 1.45. The zero-order chi connectivity index (χ0) is 10.9. The molecule has 1 nitrogen and oxygen atoms in total. The molecule has 0 amide bonds. The maximum absolute atomic E-state index is 12.9. The van der Waals surface area contributed by atoms with Gasteiger partial charge in [0.25, 0.3) is 0 Å². The Balaban J connectivity index is 3.08. The van der Waals surface area contributed by atoms with E-state index in [1.165, 1.54) is 12.1 Å². The highest BCUT2D eigenvalue weighted by molar-refractivity contribution is 5.30. The number of hydrogen-bond donors (Lipinski definition) is 1. The molecule has 78 valence electrons. The van der Waals surface area contributed by atoms with Crippen LogP contribution in [-0.2, 0) is 0 Å². The molecule has 0 aliphatic rings. The van der Waals surface area contributed by atoms with E-state index in [2.05, 4.69) is 20.8 Å². The minimum absolute atomic E-state index is 0.00257. The number of hydrogen-bond acceptors (Lipinski definition) is 1. The average Bonchev–Trinajstić information content (AvgIpc) is 2.01. The second-order valence-electron chi connectivity index (χ2n) is 4.84. The van der Waals surface area contributed by atoms with Gasteiger partial charge in [-0.25, -0.2) is 4.39 Å². The van der Waals surface area contributed by atoms with Crippen molar-refractivity contribution >= 4 is 0 Å². The summed E-state index contributed by atoms with van der Waals surface area (Å²) in [6, 6.07) is 4.72. The Morgan fingerprint density at radius 2 is 1.86 bits per heavy atom. The molecular weight excluding hydrogens is 177 g/mol. The van der Waals surface area contributed by atoms with Crippen LogP contribution in [0.2, 0.25) is 0 Å². The second-order valence-corrected chi connectivity index (χ2v) is 4.84. The van der Waals surface area contributed by atoms with Crippen molar-refractivity contribution in [2.24, 2.45) is 11.1 Å². The molecule has 1 rings (SSSR count). The van der Waals surface area contributed by atoms with Gasteiger partial charge in [-0.3, -0.25) is 0 Å². The molecule has 0 saturated carbocycles. The lowest BCUT2D eigenvalue weighted by atomic mass is 9.81. The smallest absolute Gasteiger partial charge is 0.123 e. The summed E-state index contributed by atoms with van der Waals surface area (Å²) in [6.07, 6.45) is 0. The number of nitrogens with two attached hydrogens (primary N) is 1. The van der Waals surface area contributed by atoms with E-state index in [0.29, 0.717) is 0 Å². The third-order valence-corrected chi connectivity index (χ3v) is 2.50. The third-order valence-electron chi connectivity index (χ3n) is 2.50. The Morgan fingerprint density at radius 3 is 2.29 bits per heavy atom. The monoisotopic (exact) mass is 195 g/mol. The highest BCUT2D eigenvalue weighted by atomic mass is 19.1. The first-order valence-corrected chi connectivity index (χ1v) is 4.84. The van der Waals surface area contributed by atoms with Crippen LogP contribution in [-0.4, -0.2) is 0 Å². The number of benzene rings is 1. The summed E-state index contributed by atoms with van der Waals surface area (Å²) in [4.78, 5) is 0. The second kappa shape index (κ2) is 3.70. The van der Waals surface area contributed by atoms with E-state index in [9.17, 15) is 4.39 Å². The summed E-state index contributed by atoms with van der Waals surface area (Å²) in [6.45, 7) is 8.14. The van der Waals surface area contributed by atoms with Crippen LogP contribution >= 0.6 is 0 Å². The van der Waals surface area contributed by atoms with E-state index < -0.39 is 0 Å². The molecule has 0 unspecified atom stereocenters. The molecule has 2 heteroatoms. The Morgan fingerprint density at radius 1 is 1.29 bits per heavy atom. The molecule has 0 saturated heterocycles. The minimum atomic E-state index is -0.202. The van der Waals surface area contributed by atoms with Crippen LogP contribution in [0.5, 0.6) is 0 Å². The first-order chi connectivity index (χ1) is 6.32. The quantitative estimate of drug-likeness (QED) is 0.731. The molecule has 1 aromatic rings. The van der Waals surface area contributed by atoms with Crippen LogP contribution in [0.4, 0.5) is 4.39 Å². The first-order valence-electron chi connectivity index (χ1n) is 4.84. The Hall–Kier alpha value is -0.890. The summed E-state index contributed by atoms with van der Waals surface area (Å²) in [7, 11) is 0. The zero-order valence-electron chi connectivity index (χ0n) is 9.26. The van der Waals surface area contributed by atoms with E-state index in [0.717, 1.165) is 11.1 Å².